The van der Waals surface area contributed by atoms with Gasteiger partial charge in [-0.3, -0.25) is 0 Å². The van der Waals surface area contributed by atoms with Crippen LogP contribution in [-0.2, 0) is 0 Å². The zero-order chi connectivity index (χ0) is 28.5. The summed E-state index contributed by atoms with van der Waals surface area (Å²) in [6.07, 6.45) is 0. The Kier molecular flexibility index (Phi) is 6.36. The maximum absolute atomic E-state index is 5.09. The summed E-state index contributed by atoms with van der Waals surface area (Å²) < 4.78 is 0. The second kappa shape index (κ2) is 10.6. The Labute approximate surface area is 244 Å². The lowest BCUT2D eigenvalue weighted by Crippen LogP contribution is -1.90. The first-order valence-corrected chi connectivity index (χ1v) is 13.9. The van der Waals surface area contributed by atoms with E-state index in [2.05, 4.69) is 71.8 Å². The quantitative estimate of drug-likeness (QED) is 0.218. The summed E-state index contributed by atoms with van der Waals surface area (Å²) in [4.78, 5) is 17.3. The third-order valence-corrected chi connectivity index (χ3v) is 7.24. The highest BCUT2D eigenvalue weighted by Crippen LogP contribution is 2.33. The number of hydrogen-bond acceptors (Lipinski definition) is 2. The van der Waals surface area contributed by atoms with Crippen LogP contribution in [0.2, 0.25) is 0 Å². The van der Waals surface area contributed by atoms with Gasteiger partial charge in [-0.15, -0.1) is 0 Å². The molecule has 0 bridgehead atoms. The van der Waals surface area contributed by atoms with Crippen LogP contribution in [0.25, 0.3) is 44.8 Å². The molecule has 7 aromatic rings. The molecule has 5 aromatic carbocycles. The molecule has 0 saturated carbocycles. The second-order valence-electron chi connectivity index (χ2n) is 10.3. The Morgan fingerprint density at radius 3 is 1.29 bits per heavy atom. The lowest BCUT2D eigenvalue weighted by molar-refractivity contribution is 1.32. The number of rotatable bonds is 2. The van der Waals surface area contributed by atoms with Crippen LogP contribution >= 0.6 is 0 Å². The van der Waals surface area contributed by atoms with E-state index in [1.165, 1.54) is 11.1 Å². The van der Waals surface area contributed by atoms with E-state index in [9.17, 15) is 0 Å². The Balaban J connectivity index is 1.53. The van der Waals surface area contributed by atoms with Crippen LogP contribution in [-0.4, -0.2) is 19.9 Å². The summed E-state index contributed by atoms with van der Waals surface area (Å²) in [5, 5.41) is 0. The van der Waals surface area contributed by atoms with Gasteiger partial charge in [-0.25, -0.2) is 9.97 Å². The van der Waals surface area contributed by atoms with Gasteiger partial charge in [0, 0.05) is 22.3 Å². The fourth-order valence-corrected chi connectivity index (χ4v) is 4.96. The highest BCUT2D eigenvalue weighted by Gasteiger charge is 2.21. The largest absolute Gasteiger partial charge is 0.337 e. The summed E-state index contributed by atoms with van der Waals surface area (Å²) in [7, 11) is 0. The molecule has 0 unspecified atom stereocenters. The van der Waals surface area contributed by atoms with Crippen LogP contribution in [0, 0.1) is 37.5 Å². The van der Waals surface area contributed by atoms with Crippen LogP contribution in [0.1, 0.15) is 33.4 Å². The third kappa shape index (κ3) is 4.83. The molecule has 0 spiro atoms. The summed E-state index contributed by atoms with van der Waals surface area (Å²) in [6, 6.07) is 36.7. The molecule has 0 atom stereocenters. The molecular formula is C38H26N4. The number of H-pyrrole nitrogens is 2. The SMILES string of the molecule is Cc1ccc(C#Cc2c3nc(-c4ccccc4)[nH]c3c(C#Cc3ccc(C)cc3)c3[nH]c(-c4ccccc4)nc23)cc1. The number of aromatic nitrogens is 4. The van der Waals surface area contributed by atoms with Gasteiger partial charge in [-0.1, -0.05) is 120 Å². The molecule has 7 rings (SSSR count). The number of imidazole rings is 2. The normalized spacial score (nSPS) is 10.7. The van der Waals surface area contributed by atoms with Gasteiger partial charge >= 0.3 is 0 Å². The van der Waals surface area contributed by atoms with Gasteiger partial charge in [0.1, 0.15) is 22.7 Å². The van der Waals surface area contributed by atoms with Gasteiger partial charge in [0.05, 0.1) is 22.2 Å². The molecule has 0 radical (unpaired) electrons. The van der Waals surface area contributed by atoms with Crippen molar-refractivity contribution in [3.05, 3.63) is 143 Å². The lowest BCUT2D eigenvalue weighted by Gasteiger charge is -2.01. The number of hydrogen-bond donors (Lipinski definition) is 2. The molecule has 4 nitrogen and oxygen atoms in total. The van der Waals surface area contributed by atoms with Crippen molar-refractivity contribution < 1.29 is 0 Å². The summed E-state index contributed by atoms with van der Waals surface area (Å²) in [6.45, 7) is 4.15. The van der Waals surface area contributed by atoms with Crippen LogP contribution in [0.4, 0.5) is 0 Å². The predicted octanol–water partition coefficient (Wildman–Crippen LogP) is 8.19. The standard InChI is InChI=1S/C38H26N4/c1-25-13-17-27(18-14-25)21-23-31-33-35(41-37(39-33)29-9-5-3-6-10-29)32(24-22-28-19-15-26(2)16-20-28)36-34(31)40-38(42-36)30-11-7-4-8-12-30/h3-20H,1-2H3,(H,39,41)(H,40,42). The Morgan fingerprint density at radius 1 is 0.452 bits per heavy atom. The predicted molar refractivity (Wildman–Crippen MR) is 171 cm³/mol. The molecule has 2 heterocycles. The topological polar surface area (TPSA) is 57.4 Å². The lowest BCUT2D eigenvalue weighted by atomic mass is 10.0. The molecule has 0 saturated heterocycles. The van der Waals surface area contributed by atoms with E-state index in [1.807, 2.05) is 84.9 Å². The minimum absolute atomic E-state index is 0.750. The zero-order valence-corrected chi connectivity index (χ0v) is 23.3. The van der Waals surface area contributed by atoms with Gasteiger partial charge in [0.15, 0.2) is 0 Å². The van der Waals surface area contributed by atoms with E-state index < -0.39 is 0 Å². The van der Waals surface area contributed by atoms with E-state index >= 15 is 0 Å². The summed E-state index contributed by atoms with van der Waals surface area (Å²) in [5.74, 6) is 15.2. The number of aryl methyl sites for hydroxylation is 2. The van der Waals surface area contributed by atoms with E-state index in [4.69, 9.17) is 9.97 Å². The number of nitrogens with one attached hydrogen (secondary N) is 2. The van der Waals surface area contributed by atoms with Crippen molar-refractivity contribution >= 4 is 22.1 Å². The van der Waals surface area contributed by atoms with Gasteiger partial charge in [0.2, 0.25) is 0 Å². The van der Waals surface area contributed by atoms with Gasteiger partial charge < -0.3 is 9.97 Å². The molecule has 4 heteroatoms. The first-order valence-electron chi connectivity index (χ1n) is 13.9. The van der Waals surface area contributed by atoms with Crippen molar-refractivity contribution in [2.24, 2.45) is 0 Å². The zero-order valence-electron chi connectivity index (χ0n) is 23.3. The molecule has 0 aliphatic heterocycles. The van der Waals surface area contributed by atoms with Crippen LogP contribution in [0.15, 0.2) is 109 Å². The Bertz CT molecular complexity index is 1970. The molecule has 2 aromatic heterocycles. The maximum Gasteiger partial charge on any atom is 0.138 e. The van der Waals surface area contributed by atoms with Crippen LogP contribution in [0.5, 0.6) is 0 Å². The van der Waals surface area contributed by atoms with Crippen LogP contribution < -0.4 is 0 Å². The first kappa shape index (κ1) is 25.1. The van der Waals surface area contributed by atoms with Crippen molar-refractivity contribution in [2.45, 2.75) is 13.8 Å². The molecule has 0 fully saturated rings. The monoisotopic (exact) mass is 538 g/mol. The average molecular weight is 539 g/mol. The molecule has 0 amide bonds. The summed E-state index contributed by atoms with van der Waals surface area (Å²) >= 11 is 0. The minimum atomic E-state index is 0.750. The van der Waals surface area contributed by atoms with E-state index in [-0.39, 0.29) is 0 Å². The van der Waals surface area contributed by atoms with E-state index in [0.29, 0.717) is 0 Å². The minimum Gasteiger partial charge on any atom is -0.337 e. The maximum atomic E-state index is 5.09. The van der Waals surface area contributed by atoms with Gasteiger partial charge in [-0.2, -0.15) is 0 Å². The highest BCUT2D eigenvalue weighted by molar-refractivity contribution is 6.06. The Hall–Kier alpha value is -5.84. The van der Waals surface area contributed by atoms with Crippen molar-refractivity contribution in [1.29, 1.82) is 0 Å². The molecular weight excluding hydrogens is 512 g/mol. The van der Waals surface area contributed by atoms with E-state index in [0.717, 1.165) is 67.1 Å². The summed E-state index contributed by atoms with van der Waals surface area (Å²) in [5.41, 5.74) is 11.0. The Morgan fingerprint density at radius 2 is 0.857 bits per heavy atom. The third-order valence-electron chi connectivity index (χ3n) is 7.24. The fourth-order valence-electron chi connectivity index (χ4n) is 4.96. The smallest absolute Gasteiger partial charge is 0.138 e. The van der Waals surface area contributed by atoms with Crippen molar-refractivity contribution in [3.8, 4) is 46.5 Å². The van der Waals surface area contributed by atoms with Crippen molar-refractivity contribution in [2.75, 3.05) is 0 Å². The fraction of sp³-hybridized carbons (Fsp3) is 0.0526. The number of aromatic amines is 2. The number of benzene rings is 5. The molecule has 2 N–H and O–H groups in total. The average Bonchev–Trinajstić information content (AvgIpc) is 3.67. The highest BCUT2D eigenvalue weighted by atomic mass is 15.0. The molecule has 42 heavy (non-hydrogen) atoms. The van der Waals surface area contributed by atoms with E-state index in [1.54, 1.807) is 0 Å². The van der Waals surface area contributed by atoms with Gasteiger partial charge in [0.25, 0.3) is 0 Å². The molecule has 198 valence electrons. The number of nitrogens with zero attached hydrogens (tertiary/aromatic N) is 2. The number of fused-ring (bicyclic) bond motifs is 2. The molecule has 0 aliphatic carbocycles. The van der Waals surface area contributed by atoms with Gasteiger partial charge in [-0.05, 0) is 38.1 Å². The first-order chi connectivity index (χ1) is 20.6. The van der Waals surface area contributed by atoms with Crippen molar-refractivity contribution in [1.82, 2.24) is 19.9 Å². The molecule has 0 aliphatic rings. The van der Waals surface area contributed by atoms with Crippen LogP contribution in [0.3, 0.4) is 0 Å². The second-order valence-corrected chi connectivity index (χ2v) is 10.3. The van der Waals surface area contributed by atoms with Crippen molar-refractivity contribution in [3.63, 3.8) is 0 Å².